The van der Waals surface area contributed by atoms with Crippen molar-refractivity contribution in [2.24, 2.45) is 5.92 Å². The SMILES string of the molecule is COC1C2CCC1N(C(C)(C)C)C2. The molecule has 2 bridgehead atoms. The van der Waals surface area contributed by atoms with Gasteiger partial charge in [-0.25, -0.2) is 0 Å². The summed E-state index contributed by atoms with van der Waals surface area (Å²) in [6.07, 6.45) is 3.22. The summed E-state index contributed by atoms with van der Waals surface area (Å²) >= 11 is 0. The van der Waals surface area contributed by atoms with Crippen LogP contribution in [0.4, 0.5) is 0 Å². The van der Waals surface area contributed by atoms with Gasteiger partial charge in [-0.2, -0.15) is 0 Å². The third-order valence-corrected chi connectivity index (χ3v) is 3.64. The molecule has 2 nitrogen and oxygen atoms in total. The van der Waals surface area contributed by atoms with Crippen LogP contribution in [-0.4, -0.2) is 36.2 Å². The van der Waals surface area contributed by atoms with Gasteiger partial charge in [0.05, 0.1) is 6.10 Å². The molecule has 3 unspecified atom stereocenters. The van der Waals surface area contributed by atoms with Crippen molar-refractivity contribution >= 4 is 0 Å². The Morgan fingerprint density at radius 1 is 1.23 bits per heavy atom. The molecule has 3 atom stereocenters. The lowest BCUT2D eigenvalue weighted by Crippen LogP contribution is -2.47. The summed E-state index contributed by atoms with van der Waals surface area (Å²) in [6, 6.07) is 0.690. The molecule has 2 fully saturated rings. The van der Waals surface area contributed by atoms with Gasteiger partial charge >= 0.3 is 0 Å². The van der Waals surface area contributed by atoms with Crippen molar-refractivity contribution in [3.63, 3.8) is 0 Å². The zero-order chi connectivity index (χ0) is 9.64. The van der Waals surface area contributed by atoms with Crippen LogP contribution < -0.4 is 0 Å². The van der Waals surface area contributed by atoms with E-state index in [2.05, 4.69) is 25.7 Å². The van der Waals surface area contributed by atoms with Gasteiger partial charge in [0.25, 0.3) is 0 Å². The second-order valence-electron chi connectivity index (χ2n) is 5.43. The molecule has 0 aromatic rings. The zero-order valence-corrected chi connectivity index (χ0v) is 9.21. The van der Waals surface area contributed by atoms with E-state index in [1.165, 1.54) is 19.4 Å². The summed E-state index contributed by atoms with van der Waals surface area (Å²) in [5.74, 6) is 0.800. The highest BCUT2D eigenvalue weighted by Crippen LogP contribution is 2.42. The number of piperidine rings is 1. The average molecular weight is 183 g/mol. The van der Waals surface area contributed by atoms with Crippen LogP contribution in [-0.2, 0) is 4.74 Å². The molecule has 0 aromatic carbocycles. The van der Waals surface area contributed by atoms with Crippen LogP contribution in [0.1, 0.15) is 33.6 Å². The average Bonchev–Trinajstić information content (AvgIpc) is 2.57. The summed E-state index contributed by atoms with van der Waals surface area (Å²) in [5.41, 5.74) is 0.316. The van der Waals surface area contributed by atoms with E-state index in [1.807, 2.05) is 7.11 Å². The Hall–Kier alpha value is -0.0800. The van der Waals surface area contributed by atoms with Crippen molar-refractivity contribution in [1.29, 1.82) is 0 Å². The van der Waals surface area contributed by atoms with Crippen molar-refractivity contribution in [2.75, 3.05) is 13.7 Å². The first-order valence-electron chi connectivity index (χ1n) is 5.33. The molecule has 2 heteroatoms. The molecule has 0 N–H and O–H groups in total. The number of likely N-dealkylation sites (tertiary alicyclic amines) is 1. The summed E-state index contributed by atoms with van der Waals surface area (Å²) in [5, 5.41) is 0. The van der Waals surface area contributed by atoms with Crippen molar-refractivity contribution in [2.45, 2.75) is 51.3 Å². The second-order valence-corrected chi connectivity index (χ2v) is 5.43. The molecule has 1 aliphatic heterocycles. The molecule has 0 aromatic heterocycles. The summed E-state index contributed by atoms with van der Waals surface area (Å²) in [6.45, 7) is 8.16. The van der Waals surface area contributed by atoms with Gasteiger partial charge in [0.2, 0.25) is 0 Å². The van der Waals surface area contributed by atoms with Gasteiger partial charge in [-0.1, -0.05) is 0 Å². The number of ether oxygens (including phenoxy) is 1. The minimum atomic E-state index is 0.316. The van der Waals surface area contributed by atoms with Crippen molar-refractivity contribution in [3.05, 3.63) is 0 Å². The topological polar surface area (TPSA) is 12.5 Å². The highest BCUT2D eigenvalue weighted by atomic mass is 16.5. The van der Waals surface area contributed by atoms with E-state index in [1.54, 1.807) is 0 Å². The quantitative estimate of drug-likeness (QED) is 0.615. The second kappa shape index (κ2) is 2.96. The minimum absolute atomic E-state index is 0.316. The van der Waals surface area contributed by atoms with Crippen molar-refractivity contribution in [1.82, 2.24) is 4.90 Å². The van der Waals surface area contributed by atoms with Crippen molar-refractivity contribution in [3.8, 4) is 0 Å². The summed E-state index contributed by atoms with van der Waals surface area (Å²) in [7, 11) is 1.86. The molecule has 1 saturated heterocycles. The van der Waals surface area contributed by atoms with Crippen LogP contribution in [0.3, 0.4) is 0 Å². The lowest BCUT2D eigenvalue weighted by atomic mass is 10.0. The largest absolute Gasteiger partial charge is 0.379 e. The lowest BCUT2D eigenvalue weighted by molar-refractivity contribution is 0.0429. The first-order valence-corrected chi connectivity index (χ1v) is 5.33. The number of hydrogen-bond acceptors (Lipinski definition) is 2. The molecule has 1 aliphatic carbocycles. The Kier molecular flexibility index (Phi) is 2.16. The maximum atomic E-state index is 5.58. The Bertz CT molecular complexity index is 197. The van der Waals surface area contributed by atoms with Gasteiger partial charge in [0.1, 0.15) is 0 Å². The maximum Gasteiger partial charge on any atom is 0.0766 e. The first-order chi connectivity index (χ1) is 6.04. The molecule has 13 heavy (non-hydrogen) atoms. The van der Waals surface area contributed by atoms with Gasteiger partial charge in [-0.3, -0.25) is 4.90 Å². The Balaban J connectivity index is 2.12. The highest BCUT2D eigenvalue weighted by molar-refractivity contribution is 5.03. The lowest BCUT2D eigenvalue weighted by Gasteiger charge is -2.38. The van der Waals surface area contributed by atoms with Crippen LogP contribution in [0.2, 0.25) is 0 Å². The van der Waals surface area contributed by atoms with Gasteiger partial charge in [-0.15, -0.1) is 0 Å². The van der Waals surface area contributed by atoms with Gasteiger partial charge in [0, 0.05) is 25.2 Å². The Morgan fingerprint density at radius 3 is 2.31 bits per heavy atom. The van der Waals surface area contributed by atoms with Crippen LogP contribution in [0, 0.1) is 5.92 Å². The monoisotopic (exact) mass is 183 g/mol. The minimum Gasteiger partial charge on any atom is -0.379 e. The molecule has 1 saturated carbocycles. The van der Waals surface area contributed by atoms with Crippen LogP contribution >= 0.6 is 0 Å². The third kappa shape index (κ3) is 1.40. The van der Waals surface area contributed by atoms with Gasteiger partial charge in [0.15, 0.2) is 0 Å². The van der Waals surface area contributed by atoms with E-state index < -0.39 is 0 Å². The molecule has 0 radical (unpaired) electrons. The number of nitrogens with zero attached hydrogens (tertiary/aromatic N) is 1. The fraction of sp³-hybridized carbons (Fsp3) is 1.00. The highest BCUT2D eigenvalue weighted by Gasteiger charge is 2.50. The number of hydrogen-bond donors (Lipinski definition) is 0. The number of rotatable bonds is 1. The van der Waals surface area contributed by atoms with Crippen LogP contribution in [0.15, 0.2) is 0 Å². The molecule has 76 valence electrons. The van der Waals surface area contributed by atoms with E-state index in [0.29, 0.717) is 17.7 Å². The summed E-state index contributed by atoms with van der Waals surface area (Å²) < 4.78 is 5.58. The fourth-order valence-corrected chi connectivity index (χ4v) is 3.06. The maximum absolute atomic E-state index is 5.58. The van der Waals surface area contributed by atoms with Crippen molar-refractivity contribution < 1.29 is 4.74 Å². The van der Waals surface area contributed by atoms with E-state index in [9.17, 15) is 0 Å². The molecule has 0 amide bonds. The summed E-state index contributed by atoms with van der Waals surface area (Å²) in [4.78, 5) is 2.62. The molecule has 0 spiro atoms. The van der Waals surface area contributed by atoms with Gasteiger partial charge < -0.3 is 4.74 Å². The molecular weight excluding hydrogens is 162 g/mol. The molecule has 2 aliphatic rings. The smallest absolute Gasteiger partial charge is 0.0766 e. The van der Waals surface area contributed by atoms with Gasteiger partial charge in [-0.05, 0) is 39.5 Å². The predicted octanol–water partition coefficient (Wildman–Crippen LogP) is 1.89. The number of methoxy groups -OCH3 is 1. The van der Waals surface area contributed by atoms with Crippen LogP contribution in [0.25, 0.3) is 0 Å². The van der Waals surface area contributed by atoms with E-state index in [4.69, 9.17) is 4.74 Å². The molecule has 1 heterocycles. The van der Waals surface area contributed by atoms with E-state index in [-0.39, 0.29) is 0 Å². The fourth-order valence-electron chi connectivity index (χ4n) is 3.06. The van der Waals surface area contributed by atoms with Crippen LogP contribution in [0.5, 0.6) is 0 Å². The Labute approximate surface area is 81.3 Å². The zero-order valence-electron chi connectivity index (χ0n) is 9.21. The normalized spacial score (nSPS) is 40.2. The predicted molar refractivity (Wildman–Crippen MR) is 53.8 cm³/mol. The standard InChI is InChI=1S/C11H21NO/c1-11(2,3)12-7-8-5-6-9(12)10(8)13-4/h8-10H,5-7H2,1-4H3. The van der Waals surface area contributed by atoms with E-state index >= 15 is 0 Å². The molecular formula is C11H21NO. The Morgan fingerprint density at radius 2 is 1.92 bits per heavy atom. The third-order valence-electron chi connectivity index (χ3n) is 3.64. The number of fused-ring (bicyclic) bond motifs is 2. The first kappa shape index (κ1) is 9.47. The van der Waals surface area contributed by atoms with E-state index in [0.717, 1.165) is 5.92 Å². The molecule has 2 rings (SSSR count).